The Morgan fingerprint density at radius 2 is 1.89 bits per heavy atom. The van der Waals surface area contributed by atoms with Crippen LogP contribution in [0.4, 0.5) is 0 Å². The summed E-state index contributed by atoms with van der Waals surface area (Å²) in [4.78, 5) is 28.8. The van der Waals surface area contributed by atoms with Crippen LogP contribution < -0.4 is 5.76 Å². The van der Waals surface area contributed by atoms with E-state index >= 15 is 0 Å². The summed E-state index contributed by atoms with van der Waals surface area (Å²) < 4.78 is 11.9. The normalized spacial score (nSPS) is 27.1. The maximum atomic E-state index is 13.0. The van der Waals surface area contributed by atoms with Crippen molar-refractivity contribution >= 4 is 17.0 Å². The van der Waals surface area contributed by atoms with Crippen molar-refractivity contribution in [1.29, 1.82) is 0 Å². The number of oxazole rings is 1. The number of aromatic nitrogens is 1. The van der Waals surface area contributed by atoms with Crippen molar-refractivity contribution in [3.05, 3.63) is 34.8 Å². The second-order valence-corrected chi connectivity index (χ2v) is 7.32. The van der Waals surface area contributed by atoms with Gasteiger partial charge in [-0.25, -0.2) is 4.79 Å². The van der Waals surface area contributed by atoms with Crippen molar-refractivity contribution in [2.45, 2.75) is 31.2 Å². The van der Waals surface area contributed by atoms with Crippen LogP contribution in [0.1, 0.15) is 6.42 Å². The Labute approximate surface area is 161 Å². The molecular weight excluding hydrogens is 366 g/mol. The topological polar surface area (TPSA) is 108 Å². The number of aliphatic hydroxyl groups excluding tert-OH is 2. The SMILES string of the molecule is O=C(Cn1c(=O)oc2ccccc21)N1CC[C@@H](O)[C@@H](O)[C@H](N2CCOCC2)C1. The molecule has 0 radical (unpaired) electrons. The number of morpholine rings is 1. The van der Waals surface area contributed by atoms with E-state index in [-0.39, 0.29) is 24.9 Å². The van der Waals surface area contributed by atoms with Crippen LogP contribution in [0, 0.1) is 0 Å². The lowest BCUT2D eigenvalue weighted by molar-refractivity contribution is -0.133. The average Bonchev–Trinajstić information content (AvgIpc) is 2.94. The van der Waals surface area contributed by atoms with Crippen LogP contribution in [0.15, 0.2) is 33.5 Å². The summed E-state index contributed by atoms with van der Waals surface area (Å²) in [5.41, 5.74) is 1.01. The molecule has 2 saturated heterocycles. The molecule has 0 aliphatic carbocycles. The molecule has 0 saturated carbocycles. The summed E-state index contributed by atoms with van der Waals surface area (Å²) in [5.74, 6) is -0.817. The summed E-state index contributed by atoms with van der Waals surface area (Å²) in [7, 11) is 0. The predicted molar refractivity (Wildman–Crippen MR) is 99.9 cm³/mol. The van der Waals surface area contributed by atoms with Crippen LogP contribution in [0.2, 0.25) is 0 Å². The number of aliphatic hydroxyl groups is 2. The van der Waals surface area contributed by atoms with E-state index in [2.05, 4.69) is 4.90 Å². The minimum Gasteiger partial charge on any atom is -0.408 e. The van der Waals surface area contributed by atoms with E-state index in [1.807, 2.05) is 0 Å². The molecule has 9 heteroatoms. The second-order valence-electron chi connectivity index (χ2n) is 7.32. The molecule has 1 amide bonds. The second kappa shape index (κ2) is 8.04. The number of benzene rings is 1. The van der Waals surface area contributed by atoms with Gasteiger partial charge in [-0.3, -0.25) is 14.3 Å². The number of carbonyl (C=O) groups excluding carboxylic acids is 1. The highest BCUT2D eigenvalue weighted by molar-refractivity contribution is 5.79. The minimum absolute atomic E-state index is 0.141. The van der Waals surface area contributed by atoms with Crippen LogP contribution in [-0.2, 0) is 16.1 Å². The molecule has 2 aromatic rings. The van der Waals surface area contributed by atoms with E-state index in [0.29, 0.717) is 50.5 Å². The van der Waals surface area contributed by atoms with Crippen LogP contribution in [-0.4, -0.2) is 88.1 Å². The van der Waals surface area contributed by atoms with Crippen LogP contribution in [0.25, 0.3) is 11.1 Å². The lowest BCUT2D eigenvalue weighted by atomic mass is 10.0. The first-order valence-electron chi connectivity index (χ1n) is 9.58. The van der Waals surface area contributed by atoms with Crippen molar-refractivity contribution < 1.29 is 24.2 Å². The van der Waals surface area contributed by atoms with E-state index in [4.69, 9.17) is 9.15 Å². The molecule has 28 heavy (non-hydrogen) atoms. The highest BCUT2D eigenvalue weighted by atomic mass is 16.5. The number of para-hydroxylation sites is 2. The number of nitrogens with zero attached hydrogens (tertiary/aromatic N) is 3. The van der Waals surface area contributed by atoms with E-state index in [1.54, 1.807) is 29.2 Å². The number of hydrogen-bond donors (Lipinski definition) is 2. The molecule has 152 valence electrons. The van der Waals surface area contributed by atoms with Crippen LogP contribution >= 0.6 is 0 Å². The average molecular weight is 391 g/mol. The molecule has 3 atom stereocenters. The zero-order valence-corrected chi connectivity index (χ0v) is 15.6. The lowest BCUT2D eigenvalue weighted by Crippen LogP contribution is -2.55. The number of amides is 1. The van der Waals surface area contributed by atoms with Gasteiger partial charge in [0.05, 0.1) is 37.0 Å². The lowest BCUT2D eigenvalue weighted by Gasteiger charge is -2.38. The van der Waals surface area contributed by atoms with Crippen molar-refractivity contribution in [3.63, 3.8) is 0 Å². The summed E-state index contributed by atoms with van der Waals surface area (Å²) in [6.45, 7) is 2.87. The Hall–Kier alpha value is -2.20. The molecule has 1 aromatic heterocycles. The summed E-state index contributed by atoms with van der Waals surface area (Å²) in [6, 6.07) is 6.60. The maximum absolute atomic E-state index is 13.0. The molecule has 3 heterocycles. The van der Waals surface area contributed by atoms with Gasteiger partial charge in [0.25, 0.3) is 0 Å². The Balaban J connectivity index is 1.54. The molecule has 2 aliphatic heterocycles. The van der Waals surface area contributed by atoms with Gasteiger partial charge in [0.2, 0.25) is 5.91 Å². The molecule has 9 nitrogen and oxygen atoms in total. The first-order chi connectivity index (χ1) is 13.5. The van der Waals surface area contributed by atoms with Gasteiger partial charge in [-0.05, 0) is 18.6 Å². The van der Waals surface area contributed by atoms with Gasteiger partial charge in [0.15, 0.2) is 5.58 Å². The summed E-state index contributed by atoms with van der Waals surface area (Å²) >= 11 is 0. The van der Waals surface area contributed by atoms with Crippen molar-refractivity contribution in [2.75, 3.05) is 39.4 Å². The fourth-order valence-corrected chi connectivity index (χ4v) is 4.01. The number of rotatable bonds is 3. The number of ether oxygens (including phenoxy) is 1. The fourth-order valence-electron chi connectivity index (χ4n) is 4.01. The van der Waals surface area contributed by atoms with Crippen molar-refractivity contribution in [1.82, 2.24) is 14.4 Å². The van der Waals surface area contributed by atoms with E-state index in [9.17, 15) is 19.8 Å². The third-order valence-electron chi connectivity index (χ3n) is 5.63. The standard InChI is InChI=1S/C19H25N3O6/c23-15-5-6-21(11-14(18(15)25)20-7-9-27-10-8-20)17(24)12-22-13-3-1-2-4-16(13)28-19(22)26/h1-4,14-15,18,23,25H,5-12H2/t14-,15-,18+/m1/s1. The number of hydrogen-bond acceptors (Lipinski definition) is 7. The molecule has 2 aliphatic rings. The zero-order chi connectivity index (χ0) is 19.7. The highest BCUT2D eigenvalue weighted by Gasteiger charge is 2.37. The molecule has 2 N–H and O–H groups in total. The number of carbonyl (C=O) groups is 1. The minimum atomic E-state index is -0.937. The highest BCUT2D eigenvalue weighted by Crippen LogP contribution is 2.20. The van der Waals surface area contributed by atoms with Gasteiger partial charge in [0, 0.05) is 26.2 Å². The van der Waals surface area contributed by atoms with Gasteiger partial charge < -0.3 is 24.3 Å². The van der Waals surface area contributed by atoms with Gasteiger partial charge >= 0.3 is 5.76 Å². The third-order valence-corrected chi connectivity index (χ3v) is 5.63. The number of likely N-dealkylation sites (tertiary alicyclic amines) is 1. The van der Waals surface area contributed by atoms with E-state index < -0.39 is 18.0 Å². The largest absolute Gasteiger partial charge is 0.420 e. The van der Waals surface area contributed by atoms with Gasteiger partial charge in [-0.2, -0.15) is 0 Å². The molecule has 4 rings (SSSR count). The quantitative estimate of drug-likeness (QED) is 0.709. The molecule has 0 spiro atoms. The molecule has 2 fully saturated rings. The van der Waals surface area contributed by atoms with E-state index in [0.717, 1.165) is 0 Å². The summed E-state index contributed by atoms with van der Waals surface area (Å²) in [6.07, 6.45) is -1.55. The Kier molecular flexibility index (Phi) is 5.49. The monoisotopic (exact) mass is 391 g/mol. The van der Waals surface area contributed by atoms with Crippen molar-refractivity contribution in [3.8, 4) is 0 Å². The molecule has 0 bridgehead atoms. The first kappa shape index (κ1) is 19.1. The Morgan fingerprint density at radius 1 is 1.14 bits per heavy atom. The van der Waals surface area contributed by atoms with Gasteiger partial charge in [-0.15, -0.1) is 0 Å². The van der Waals surface area contributed by atoms with Gasteiger partial charge in [0.1, 0.15) is 6.54 Å². The number of fused-ring (bicyclic) bond motifs is 1. The zero-order valence-electron chi connectivity index (χ0n) is 15.6. The first-order valence-corrected chi connectivity index (χ1v) is 9.58. The predicted octanol–water partition coefficient (Wildman–Crippen LogP) is -0.751. The van der Waals surface area contributed by atoms with Crippen LogP contribution in [0.3, 0.4) is 0 Å². The summed E-state index contributed by atoms with van der Waals surface area (Å²) in [5, 5.41) is 20.9. The molecule has 0 unspecified atom stereocenters. The molecule has 1 aromatic carbocycles. The van der Waals surface area contributed by atoms with Crippen molar-refractivity contribution in [2.24, 2.45) is 0 Å². The Morgan fingerprint density at radius 3 is 2.68 bits per heavy atom. The Bertz CT molecular complexity index is 887. The van der Waals surface area contributed by atoms with Gasteiger partial charge in [-0.1, -0.05) is 12.1 Å². The fraction of sp³-hybridized carbons (Fsp3) is 0.579. The third kappa shape index (κ3) is 3.70. The molecular formula is C19H25N3O6. The maximum Gasteiger partial charge on any atom is 0.420 e. The van der Waals surface area contributed by atoms with E-state index in [1.165, 1.54) is 4.57 Å². The van der Waals surface area contributed by atoms with Crippen LogP contribution in [0.5, 0.6) is 0 Å². The smallest absolute Gasteiger partial charge is 0.408 e.